The van der Waals surface area contributed by atoms with E-state index < -0.39 is 18.1 Å². The number of ether oxygens (including phenoxy) is 2. The molecule has 0 radical (unpaired) electrons. The zero-order valence-electron chi connectivity index (χ0n) is 10.7. The van der Waals surface area contributed by atoms with Crippen LogP contribution >= 0.6 is 0 Å². The number of rotatable bonds is 11. The summed E-state index contributed by atoms with van der Waals surface area (Å²) in [5.41, 5.74) is 0. The lowest BCUT2D eigenvalue weighted by atomic mass is 10.5. The number of nitrogens with one attached hydrogen (secondary N) is 2. The Morgan fingerprint density at radius 3 is 2.05 bits per heavy atom. The van der Waals surface area contributed by atoms with Crippen LogP contribution in [0.3, 0.4) is 0 Å². The van der Waals surface area contributed by atoms with Crippen LogP contribution in [0, 0.1) is 0 Å². The fourth-order valence-corrected chi connectivity index (χ4v) is 0.999. The van der Waals surface area contributed by atoms with Gasteiger partial charge < -0.3 is 25.2 Å². The van der Waals surface area contributed by atoms with Gasteiger partial charge in [-0.2, -0.15) is 13.2 Å². The van der Waals surface area contributed by atoms with Crippen molar-refractivity contribution < 1.29 is 37.3 Å². The van der Waals surface area contributed by atoms with Gasteiger partial charge in [0.15, 0.2) is 0 Å². The molecule has 0 aromatic heterocycles. The highest BCUT2D eigenvalue weighted by atomic mass is 19.4. The molecule has 7 nitrogen and oxygen atoms in total. The number of carboxylic acids is 1. The van der Waals surface area contributed by atoms with Crippen LogP contribution < -0.4 is 10.6 Å². The lowest BCUT2D eigenvalue weighted by Crippen LogP contribution is -2.38. The van der Waals surface area contributed by atoms with Crippen LogP contribution in [0.4, 0.5) is 13.2 Å². The first-order valence-corrected chi connectivity index (χ1v) is 5.77. The normalized spacial score (nSPS) is 11.3. The molecule has 10 heteroatoms. The standard InChI is InChI=1S/C10H17F3N2O5/c11-10(12,13)9(18)15-2-4-20-6-5-19-3-1-14-7-8(16)17/h14H,1-7H2,(H,15,18)(H,16,17). The monoisotopic (exact) mass is 302 g/mol. The van der Waals surface area contributed by atoms with Crippen molar-refractivity contribution in [3.05, 3.63) is 0 Å². The fourth-order valence-electron chi connectivity index (χ4n) is 0.999. The number of carbonyl (C=O) groups is 2. The summed E-state index contributed by atoms with van der Waals surface area (Å²) in [4.78, 5) is 20.5. The molecule has 0 aromatic rings. The number of carboxylic acid groups (broad SMARTS) is 1. The average Bonchev–Trinajstić information content (AvgIpc) is 2.34. The highest BCUT2D eigenvalue weighted by Crippen LogP contribution is 2.13. The molecule has 118 valence electrons. The van der Waals surface area contributed by atoms with Gasteiger partial charge in [0.25, 0.3) is 0 Å². The van der Waals surface area contributed by atoms with E-state index in [1.165, 1.54) is 0 Å². The third kappa shape index (κ3) is 11.7. The molecule has 20 heavy (non-hydrogen) atoms. The Bertz CT molecular complexity index is 299. The second-order valence-electron chi connectivity index (χ2n) is 3.55. The lowest BCUT2D eigenvalue weighted by Gasteiger charge is -2.08. The molecule has 0 aromatic carbocycles. The first-order chi connectivity index (χ1) is 9.34. The van der Waals surface area contributed by atoms with E-state index in [1.54, 1.807) is 5.32 Å². The van der Waals surface area contributed by atoms with Gasteiger partial charge in [0.1, 0.15) is 0 Å². The van der Waals surface area contributed by atoms with Crippen molar-refractivity contribution in [2.75, 3.05) is 46.1 Å². The van der Waals surface area contributed by atoms with Gasteiger partial charge in [-0.1, -0.05) is 0 Å². The Morgan fingerprint density at radius 1 is 1.00 bits per heavy atom. The van der Waals surface area contributed by atoms with E-state index >= 15 is 0 Å². The second kappa shape index (κ2) is 10.4. The molecule has 3 N–H and O–H groups in total. The third-order valence-corrected chi connectivity index (χ3v) is 1.86. The molecule has 0 rings (SSSR count). The van der Waals surface area contributed by atoms with Gasteiger partial charge >= 0.3 is 18.1 Å². The summed E-state index contributed by atoms with van der Waals surface area (Å²) in [7, 11) is 0. The molecular formula is C10H17F3N2O5. The van der Waals surface area contributed by atoms with Crippen molar-refractivity contribution in [2.24, 2.45) is 0 Å². The molecule has 0 bridgehead atoms. The highest BCUT2D eigenvalue weighted by Gasteiger charge is 2.38. The Labute approximate surface area is 113 Å². The van der Waals surface area contributed by atoms with E-state index in [0.717, 1.165) is 0 Å². The van der Waals surface area contributed by atoms with E-state index in [2.05, 4.69) is 5.32 Å². The zero-order valence-corrected chi connectivity index (χ0v) is 10.7. The molecule has 0 saturated heterocycles. The third-order valence-electron chi connectivity index (χ3n) is 1.86. The van der Waals surface area contributed by atoms with Crippen LogP contribution in [-0.2, 0) is 19.1 Å². The molecule has 0 heterocycles. The van der Waals surface area contributed by atoms with E-state index in [9.17, 15) is 22.8 Å². The van der Waals surface area contributed by atoms with Gasteiger partial charge in [-0.3, -0.25) is 9.59 Å². The molecule has 1 amide bonds. The number of hydrogen-bond donors (Lipinski definition) is 3. The minimum absolute atomic E-state index is 0.0531. The predicted molar refractivity (Wildman–Crippen MR) is 61.2 cm³/mol. The molecule has 0 aliphatic carbocycles. The molecule has 0 atom stereocenters. The van der Waals surface area contributed by atoms with Gasteiger partial charge in [-0.15, -0.1) is 0 Å². The van der Waals surface area contributed by atoms with Gasteiger partial charge in [-0.25, -0.2) is 0 Å². The summed E-state index contributed by atoms with van der Waals surface area (Å²) in [6.45, 7) is 0.609. The molecule has 0 unspecified atom stereocenters. The first kappa shape index (κ1) is 18.6. The molecule has 0 saturated carbocycles. The molecule has 0 aliphatic rings. The number of aliphatic carboxylic acids is 1. The zero-order chi connectivity index (χ0) is 15.4. The van der Waals surface area contributed by atoms with Crippen molar-refractivity contribution in [1.29, 1.82) is 0 Å². The van der Waals surface area contributed by atoms with Gasteiger partial charge in [0.2, 0.25) is 0 Å². The summed E-state index contributed by atoms with van der Waals surface area (Å²) in [5.74, 6) is -2.96. The van der Waals surface area contributed by atoms with Crippen LogP contribution in [0.1, 0.15) is 0 Å². The number of halogens is 3. The minimum atomic E-state index is -4.88. The maximum atomic E-state index is 11.8. The fraction of sp³-hybridized carbons (Fsp3) is 0.800. The molecule has 0 spiro atoms. The van der Waals surface area contributed by atoms with Crippen LogP contribution in [-0.4, -0.2) is 69.2 Å². The van der Waals surface area contributed by atoms with Crippen molar-refractivity contribution in [1.82, 2.24) is 10.6 Å². The average molecular weight is 302 g/mol. The van der Waals surface area contributed by atoms with Gasteiger partial charge in [0, 0.05) is 13.1 Å². The predicted octanol–water partition coefficient (Wildman–Crippen LogP) is -0.628. The number of carbonyl (C=O) groups excluding carboxylic acids is 1. The highest BCUT2D eigenvalue weighted by molar-refractivity contribution is 5.81. The molecule has 0 aliphatic heterocycles. The molecule has 0 fully saturated rings. The summed E-state index contributed by atoms with van der Waals surface area (Å²) in [5, 5.41) is 12.6. The number of alkyl halides is 3. The minimum Gasteiger partial charge on any atom is -0.480 e. The SMILES string of the molecule is O=C(O)CNCCOCCOCCNC(=O)C(F)(F)F. The van der Waals surface area contributed by atoms with Crippen LogP contribution in [0.5, 0.6) is 0 Å². The second-order valence-corrected chi connectivity index (χ2v) is 3.55. The maximum Gasteiger partial charge on any atom is 0.471 e. The van der Waals surface area contributed by atoms with E-state index in [0.29, 0.717) is 13.2 Å². The molecular weight excluding hydrogens is 285 g/mol. The largest absolute Gasteiger partial charge is 0.480 e. The summed E-state index contributed by atoms with van der Waals surface area (Å²) < 4.78 is 45.3. The Morgan fingerprint density at radius 2 is 1.55 bits per heavy atom. The number of hydrogen-bond acceptors (Lipinski definition) is 5. The lowest BCUT2D eigenvalue weighted by molar-refractivity contribution is -0.173. The Balaban J connectivity index is 3.21. The van der Waals surface area contributed by atoms with Gasteiger partial charge in [-0.05, 0) is 0 Å². The van der Waals surface area contributed by atoms with Crippen molar-refractivity contribution in [2.45, 2.75) is 6.18 Å². The summed E-state index contributed by atoms with van der Waals surface area (Å²) in [6.07, 6.45) is -4.88. The summed E-state index contributed by atoms with van der Waals surface area (Å²) in [6, 6.07) is 0. The maximum absolute atomic E-state index is 11.8. The van der Waals surface area contributed by atoms with E-state index in [1.807, 2.05) is 0 Å². The van der Waals surface area contributed by atoms with Crippen LogP contribution in [0.2, 0.25) is 0 Å². The van der Waals surface area contributed by atoms with Gasteiger partial charge in [0.05, 0.1) is 33.0 Å². The van der Waals surface area contributed by atoms with Crippen molar-refractivity contribution in [3.8, 4) is 0 Å². The van der Waals surface area contributed by atoms with Crippen molar-refractivity contribution >= 4 is 11.9 Å². The van der Waals surface area contributed by atoms with Crippen LogP contribution in [0.15, 0.2) is 0 Å². The Kier molecular flexibility index (Phi) is 9.68. The topological polar surface area (TPSA) is 96.9 Å². The summed E-state index contributed by atoms with van der Waals surface area (Å²) >= 11 is 0. The first-order valence-electron chi connectivity index (χ1n) is 5.77. The van der Waals surface area contributed by atoms with E-state index in [4.69, 9.17) is 14.6 Å². The number of amides is 1. The quantitative estimate of drug-likeness (QED) is 0.440. The van der Waals surface area contributed by atoms with Crippen molar-refractivity contribution in [3.63, 3.8) is 0 Å². The Hall–Kier alpha value is -1.39. The van der Waals surface area contributed by atoms with Crippen LogP contribution in [0.25, 0.3) is 0 Å². The smallest absolute Gasteiger partial charge is 0.471 e. The van der Waals surface area contributed by atoms with E-state index in [-0.39, 0.29) is 32.9 Å².